The van der Waals surface area contributed by atoms with E-state index in [-0.39, 0.29) is 5.65 Å². The standard InChI is InChI=1S/C7H3F3N4O/c8-7(9,10)3-1-11-5-4(14-3)6(15)13-2-12-5/h1-2H,(H,11,12,13,15). The van der Waals surface area contributed by atoms with Crippen molar-refractivity contribution in [3.05, 3.63) is 28.6 Å². The molecule has 2 rings (SSSR count). The minimum atomic E-state index is -4.62. The molecule has 0 fully saturated rings. The number of nitrogens with zero attached hydrogens (tertiary/aromatic N) is 3. The van der Waals surface area contributed by atoms with Crippen molar-refractivity contribution in [2.75, 3.05) is 0 Å². The third-order valence-corrected chi connectivity index (χ3v) is 1.64. The number of rotatable bonds is 0. The van der Waals surface area contributed by atoms with Crippen LogP contribution in [0.25, 0.3) is 11.2 Å². The van der Waals surface area contributed by atoms with Gasteiger partial charge in [0.1, 0.15) is 0 Å². The van der Waals surface area contributed by atoms with E-state index in [0.29, 0.717) is 6.20 Å². The maximum atomic E-state index is 12.2. The van der Waals surface area contributed by atoms with Crippen molar-refractivity contribution in [3.8, 4) is 0 Å². The smallest absolute Gasteiger partial charge is 0.311 e. The predicted octanol–water partition coefficient (Wildman–Crippen LogP) is 0.732. The first-order valence-corrected chi connectivity index (χ1v) is 3.76. The van der Waals surface area contributed by atoms with Gasteiger partial charge in [0.25, 0.3) is 5.56 Å². The van der Waals surface area contributed by atoms with Crippen molar-refractivity contribution in [2.24, 2.45) is 0 Å². The summed E-state index contributed by atoms with van der Waals surface area (Å²) in [7, 11) is 0. The van der Waals surface area contributed by atoms with Crippen LogP contribution >= 0.6 is 0 Å². The van der Waals surface area contributed by atoms with E-state index in [4.69, 9.17) is 0 Å². The molecule has 0 atom stereocenters. The molecule has 1 N–H and O–H groups in total. The molecule has 0 aliphatic heterocycles. The van der Waals surface area contributed by atoms with Crippen LogP contribution in [0.5, 0.6) is 0 Å². The van der Waals surface area contributed by atoms with Crippen LogP contribution in [0.4, 0.5) is 13.2 Å². The summed E-state index contributed by atoms with van der Waals surface area (Å²) in [6.45, 7) is 0. The second-order valence-electron chi connectivity index (χ2n) is 2.66. The number of aromatic amines is 1. The fourth-order valence-corrected chi connectivity index (χ4v) is 0.987. The molecule has 0 saturated heterocycles. The lowest BCUT2D eigenvalue weighted by Gasteiger charge is -2.04. The molecule has 0 amide bonds. The number of H-pyrrole nitrogens is 1. The molecule has 2 heterocycles. The topological polar surface area (TPSA) is 71.5 Å². The van der Waals surface area contributed by atoms with E-state index in [1.165, 1.54) is 0 Å². The molecule has 0 unspecified atom stereocenters. The Morgan fingerprint density at radius 1 is 1.27 bits per heavy atom. The fraction of sp³-hybridized carbons (Fsp3) is 0.143. The van der Waals surface area contributed by atoms with Gasteiger partial charge in [0.15, 0.2) is 16.9 Å². The van der Waals surface area contributed by atoms with E-state index in [9.17, 15) is 18.0 Å². The number of alkyl halides is 3. The van der Waals surface area contributed by atoms with Crippen molar-refractivity contribution < 1.29 is 13.2 Å². The predicted molar refractivity (Wildman–Crippen MR) is 43.0 cm³/mol. The zero-order chi connectivity index (χ0) is 11.1. The summed E-state index contributed by atoms with van der Waals surface area (Å²) < 4.78 is 36.6. The molecule has 2 aromatic rings. The van der Waals surface area contributed by atoms with Gasteiger partial charge < -0.3 is 4.98 Å². The monoisotopic (exact) mass is 216 g/mol. The molecule has 8 heteroatoms. The third kappa shape index (κ3) is 1.65. The van der Waals surface area contributed by atoms with Gasteiger partial charge in [-0.2, -0.15) is 13.2 Å². The maximum Gasteiger partial charge on any atom is 0.434 e. The molecule has 0 aliphatic carbocycles. The van der Waals surface area contributed by atoms with Crippen LogP contribution in [0.1, 0.15) is 5.69 Å². The van der Waals surface area contributed by atoms with Gasteiger partial charge in [-0.15, -0.1) is 0 Å². The van der Waals surface area contributed by atoms with E-state index in [1.54, 1.807) is 0 Å². The molecule has 0 aromatic carbocycles. The first-order valence-electron chi connectivity index (χ1n) is 3.76. The molecular formula is C7H3F3N4O. The van der Waals surface area contributed by atoms with Crippen molar-refractivity contribution in [1.29, 1.82) is 0 Å². The number of fused-ring (bicyclic) bond motifs is 1. The highest BCUT2D eigenvalue weighted by molar-refractivity contribution is 5.67. The normalized spacial score (nSPS) is 11.9. The number of halogens is 3. The molecule has 0 saturated carbocycles. The summed E-state index contributed by atoms with van der Waals surface area (Å²) in [5.74, 6) is 0. The summed E-state index contributed by atoms with van der Waals surface area (Å²) in [4.78, 5) is 23.3. The van der Waals surface area contributed by atoms with Crippen molar-refractivity contribution in [2.45, 2.75) is 6.18 Å². The Morgan fingerprint density at radius 3 is 2.67 bits per heavy atom. The van der Waals surface area contributed by atoms with Gasteiger partial charge in [-0.25, -0.2) is 15.0 Å². The summed E-state index contributed by atoms with van der Waals surface area (Å²) in [6, 6.07) is 0. The highest BCUT2D eigenvalue weighted by Gasteiger charge is 2.33. The van der Waals surface area contributed by atoms with E-state index in [2.05, 4.69) is 19.9 Å². The molecular weight excluding hydrogens is 213 g/mol. The van der Waals surface area contributed by atoms with Gasteiger partial charge in [-0.05, 0) is 0 Å². The second kappa shape index (κ2) is 3.01. The quantitative estimate of drug-likeness (QED) is 0.704. The second-order valence-corrected chi connectivity index (χ2v) is 2.66. The molecule has 78 valence electrons. The summed E-state index contributed by atoms with van der Waals surface area (Å²) in [5, 5.41) is 0. The van der Waals surface area contributed by atoms with Gasteiger partial charge in [0, 0.05) is 0 Å². The molecule has 2 aromatic heterocycles. The Labute approximate surface area is 80.0 Å². The minimum Gasteiger partial charge on any atom is -0.311 e. The van der Waals surface area contributed by atoms with E-state index in [1.807, 2.05) is 0 Å². The van der Waals surface area contributed by atoms with Gasteiger partial charge in [-0.1, -0.05) is 0 Å². The Bertz CT molecular complexity index is 562. The van der Waals surface area contributed by atoms with Crippen LogP contribution in [-0.2, 0) is 6.18 Å². The van der Waals surface area contributed by atoms with Crippen LogP contribution in [0.2, 0.25) is 0 Å². The Kier molecular flexibility index (Phi) is 1.92. The summed E-state index contributed by atoms with van der Waals surface area (Å²) in [5.41, 5.74) is -2.51. The fourth-order valence-electron chi connectivity index (χ4n) is 0.987. The highest BCUT2D eigenvalue weighted by atomic mass is 19.4. The average molecular weight is 216 g/mol. The average Bonchev–Trinajstić information content (AvgIpc) is 2.16. The van der Waals surface area contributed by atoms with Crippen LogP contribution in [0.15, 0.2) is 17.3 Å². The van der Waals surface area contributed by atoms with E-state index >= 15 is 0 Å². The summed E-state index contributed by atoms with van der Waals surface area (Å²) >= 11 is 0. The Morgan fingerprint density at radius 2 is 2.00 bits per heavy atom. The van der Waals surface area contributed by atoms with Gasteiger partial charge in [-0.3, -0.25) is 4.79 Å². The number of hydrogen-bond acceptors (Lipinski definition) is 4. The molecule has 0 radical (unpaired) electrons. The highest BCUT2D eigenvalue weighted by Crippen LogP contribution is 2.26. The third-order valence-electron chi connectivity index (χ3n) is 1.64. The van der Waals surface area contributed by atoms with Crippen LogP contribution < -0.4 is 5.56 Å². The number of aromatic nitrogens is 4. The van der Waals surface area contributed by atoms with Crippen molar-refractivity contribution in [3.63, 3.8) is 0 Å². The minimum absolute atomic E-state index is 0.119. The van der Waals surface area contributed by atoms with Crippen LogP contribution in [-0.4, -0.2) is 19.9 Å². The van der Waals surface area contributed by atoms with Crippen molar-refractivity contribution in [1.82, 2.24) is 19.9 Å². The largest absolute Gasteiger partial charge is 0.434 e. The first-order chi connectivity index (χ1) is 6.98. The Hall–Kier alpha value is -1.99. The zero-order valence-electron chi connectivity index (χ0n) is 7.04. The van der Waals surface area contributed by atoms with E-state index in [0.717, 1.165) is 6.33 Å². The van der Waals surface area contributed by atoms with Gasteiger partial charge in [0.05, 0.1) is 12.5 Å². The lowest BCUT2D eigenvalue weighted by Crippen LogP contribution is -2.14. The first kappa shape index (κ1) is 9.56. The van der Waals surface area contributed by atoms with E-state index < -0.39 is 22.9 Å². The molecule has 0 bridgehead atoms. The molecule has 15 heavy (non-hydrogen) atoms. The molecule has 0 spiro atoms. The zero-order valence-corrected chi connectivity index (χ0v) is 7.04. The van der Waals surface area contributed by atoms with Crippen LogP contribution in [0, 0.1) is 0 Å². The van der Waals surface area contributed by atoms with Crippen molar-refractivity contribution >= 4 is 11.2 Å². The molecule has 0 aliphatic rings. The van der Waals surface area contributed by atoms with Gasteiger partial charge >= 0.3 is 6.18 Å². The van der Waals surface area contributed by atoms with Crippen LogP contribution in [0.3, 0.4) is 0 Å². The Balaban J connectivity index is 2.76. The van der Waals surface area contributed by atoms with Gasteiger partial charge in [0.2, 0.25) is 0 Å². The lowest BCUT2D eigenvalue weighted by molar-refractivity contribution is -0.141. The number of hydrogen-bond donors (Lipinski definition) is 1. The number of nitrogens with one attached hydrogen (secondary N) is 1. The maximum absolute atomic E-state index is 12.2. The summed E-state index contributed by atoms with van der Waals surface area (Å²) in [6.07, 6.45) is -3.04. The lowest BCUT2D eigenvalue weighted by atomic mass is 10.4. The SMILES string of the molecule is O=c1[nH]cnc2ncc(C(F)(F)F)nc12. The molecule has 5 nitrogen and oxygen atoms in total.